The van der Waals surface area contributed by atoms with Crippen LogP contribution in [0.1, 0.15) is 97.6 Å². The van der Waals surface area contributed by atoms with Crippen molar-refractivity contribution in [3.63, 3.8) is 0 Å². The van der Waals surface area contributed by atoms with E-state index in [4.69, 9.17) is 23.9 Å². The standard InChI is InChI=1S/C50H72N8O9/c1-10-57-43-16-15-34(35-13-11-17-54(27-35)29-42(52-48(63)67-49(4,5)6)46(60)58-18-12-14-41(53-58)47(61)62)23-38(43)40(25-50(7,8)31-66-33(3)59)45(57)39-24-36(26-51-44(39)32(2)64-9)56-20-19-55-21-22-65-30-37(55)28-56/h13,15-16,23-24,26,32,37,41-42,53H,10-12,14,17-22,25,27-31H2,1-9H3,(H,52,63)(H,61,62)/t32-,37?,41?,42?/m0/s1. The number of hydrogen-bond donors (Lipinski definition) is 3. The molecule has 3 fully saturated rings. The maximum Gasteiger partial charge on any atom is 0.408 e. The normalized spacial score (nSPS) is 20.8. The molecule has 0 saturated carbocycles. The van der Waals surface area contributed by atoms with Crippen molar-refractivity contribution in [2.24, 2.45) is 5.41 Å². The molecule has 0 spiro atoms. The number of alkyl carbamates (subject to hydrolysis) is 1. The van der Waals surface area contributed by atoms with E-state index in [1.165, 1.54) is 11.9 Å². The van der Waals surface area contributed by atoms with Crippen molar-refractivity contribution in [2.75, 3.05) is 84.2 Å². The number of carboxylic acid groups (broad SMARTS) is 1. The molecule has 0 bridgehead atoms. The lowest BCUT2D eigenvalue weighted by molar-refractivity contribution is -0.148. The van der Waals surface area contributed by atoms with E-state index in [0.29, 0.717) is 64.5 Å². The van der Waals surface area contributed by atoms with Gasteiger partial charge >= 0.3 is 18.0 Å². The molecule has 3 saturated heterocycles. The van der Waals surface area contributed by atoms with Crippen molar-refractivity contribution in [1.82, 2.24) is 35.1 Å². The van der Waals surface area contributed by atoms with Gasteiger partial charge in [-0.15, -0.1) is 0 Å². The Hall–Kier alpha value is -5.07. The predicted molar refractivity (Wildman–Crippen MR) is 256 cm³/mol. The number of methoxy groups -OCH3 is 1. The minimum absolute atomic E-state index is 0.187. The number of carbonyl (C=O) groups excluding carboxylic acids is 3. The molecular weight excluding hydrogens is 857 g/mol. The van der Waals surface area contributed by atoms with Crippen LogP contribution in [0.15, 0.2) is 36.5 Å². The van der Waals surface area contributed by atoms with E-state index in [-0.39, 0.29) is 25.2 Å². The van der Waals surface area contributed by atoms with Gasteiger partial charge in [-0.3, -0.25) is 34.2 Å². The van der Waals surface area contributed by atoms with Gasteiger partial charge in [0.15, 0.2) is 0 Å². The summed E-state index contributed by atoms with van der Waals surface area (Å²) in [7, 11) is 1.71. The molecule has 0 radical (unpaired) electrons. The molecule has 3 unspecified atom stereocenters. The zero-order chi connectivity index (χ0) is 48.2. The average molecular weight is 929 g/mol. The number of morpholine rings is 1. The summed E-state index contributed by atoms with van der Waals surface area (Å²) in [5, 5.41) is 14.9. The summed E-state index contributed by atoms with van der Waals surface area (Å²) in [6.45, 7) is 22.9. The van der Waals surface area contributed by atoms with Gasteiger partial charge in [-0.05, 0) is 95.2 Å². The summed E-state index contributed by atoms with van der Waals surface area (Å²) in [5.74, 6) is -1.78. The van der Waals surface area contributed by atoms with Crippen LogP contribution >= 0.6 is 0 Å². The number of carbonyl (C=O) groups is 4. The van der Waals surface area contributed by atoms with Crippen molar-refractivity contribution < 1.29 is 43.2 Å². The van der Waals surface area contributed by atoms with E-state index in [0.717, 1.165) is 83.0 Å². The van der Waals surface area contributed by atoms with E-state index in [1.807, 2.05) is 13.1 Å². The third-order valence-corrected chi connectivity index (χ3v) is 13.3. The van der Waals surface area contributed by atoms with Crippen molar-refractivity contribution in [2.45, 2.75) is 117 Å². The number of piperazine rings is 1. The largest absolute Gasteiger partial charge is 0.480 e. The number of ether oxygens (including phenoxy) is 4. The summed E-state index contributed by atoms with van der Waals surface area (Å²) in [5.41, 5.74) is 9.90. The maximum absolute atomic E-state index is 14.1. The summed E-state index contributed by atoms with van der Waals surface area (Å²) < 4.78 is 25.5. The number of fused-ring (bicyclic) bond motifs is 2. The lowest BCUT2D eigenvalue weighted by Gasteiger charge is -2.44. The van der Waals surface area contributed by atoms with Gasteiger partial charge in [0.2, 0.25) is 0 Å². The molecule has 3 N–H and O–H groups in total. The Morgan fingerprint density at radius 1 is 1.06 bits per heavy atom. The fraction of sp³-hybridized carbons (Fsp3) is 0.620. The highest BCUT2D eigenvalue weighted by Crippen LogP contribution is 2.43. The highest BCUT2D eigenvalue weighted by molar-refractivity contribution is 5.95. The van der Waals surface area contributed by atoms with Gasteiger partial charge in [-0.2, -0.15) is 0 Å². The van der Waals surface area contributed by atoms with Gasteiger partial charge in [0.05, 0.1) is 55.2 Å². The molecule has 2 amide bonds. The Labute approximate surface area is 395 Å². The molecule has 17 heteroatoms. The number of anilines is 1. The van der Waals surface area contributed by atoms with Crippen LogP contribution in [0.4, 0.5) is 10.5 Å². The molecule has 2 aromatic heterocycles. The molecule has 4 aliphatic rings. The van der Waals surface area contributed by atoms with Gasteiger partial charge in [0.1, 0.15) is 17.7 Å². The van der Waals surface area contributed by atoms with Crippen molar-refractivity contribution in [3.05, 3.63) is 53.4 Å². The molecule has 17 nitrogen and oxygen atoms in total. The van der Waals surface area contributed by atoms with E-state index >= 15 is 0 Å². The molecule has 4 aliphatic heterocycles. The first kappa shape index (κ1) is 49.8. The number of aromatic nitrogens is 2. The van der Waals surface area contributed by atoms with Crippen LogP contribution in [0, 0.1) is 5.41 Å². The predicted octanol–water partition coefficient (Wildman–Crippen LogP) is 5.65. The minimum atomic E-state index is -1.03. The smallest absolute Gasteiger partial charge is 0.408 e. The number of nitrogens with one attached hydrogen (secondary N) is 2. The first-order valence-corrected chi connectivity index (χ1v) is 23.9. The number of hydrogen-bond acceptors (Lipinski definition) is 13. The quantitative estimate of drug-likeness (QED) is 0.159. The van der Waals surface area contributed by atoms with Crippen LogP contribution in [0.5, 0.6) is 0 Å². The number of rotatable bonds is 15. The number of hydrazine groups is 1. The van der Waals surface area contributed by atoms with Crippen LogP contribution in [-0.4, -0.2) is 156 Å². The number of aliphatic carboxylic acids is 1. The Bertz CT molecular complexity index is 2320. The SMILES string of the molecule is CCn1c(-c2cc(N3CCN4CCOCC4C3)cnc2[C@H](C)OC)c(CC(C)(C)COC(C)=O)c2cc(C3=CCCN(CC(NC(=O)OC(C)(C)C)C(=O)N4CCCC(C(=O)O)N4)C3)ccc21. The van der Waals surface area contributed by atoms with Crippen LogP contribution < -0.4 is 15.6 Å². The number of amides is 2. The molecule has 3 aromatic rings. The van der Waals surface area contributed by atoms with Gasteiger partial charge in [0.25, 0.3) is 5.91 Å². The third-order valence-electron chi connectivity index (χ3n) is 13.3. The summed E-state index contributed by atoms with van der Waals surface area (Å²) in [4.78, 5) is 63.6. The molecule has 366 valence electrons. The number of nitrogens with zero attached hydrogens (tertiary/aromatic N) is 6. The number of carboxylic acids is 1. The Morgan fingerprint density at radius 3 is 2.57 bits per heavy atom. The second-order valence-electron chi connectivity index (χ2n) is 20.2. The Balaban J connectivity index is 1.26. The molecule has 6 heterocycles. The zero-order valence-electron chi connectivity index (χ0n) is 41.0. The fourth-order valence-corrected chi connectivity index (χ4v) is 9.88. The maximum atomic E-state index is 14.1. The topological polar surface area (TPSA) is 180 Å². The van der Waals surface area contributed by atoms with E-state index < -0.39 is 41.1 Å². The van der Waals surface area contributed by atoms with E-state index in [9.17, 15) is 24.3 Å². The van der Waals surface area contributed by atoms with E-state index in [1.54, 1.807) is 27.9 Å². The number of pyridine rings is 1. The first-order chi connectivity index (χ1) is 31.8. The molecular formula is C50H72N8O9. The first-order valence-electron chi connectivity index (χ1n) is 23.9. The highest BCUT2D eigenvalue weighted by atomic mass is 16.6. The van der Waals surface area contributed by atoms with E-state index in [2.05, 4.69) is 81.1 Å². The second kappa shape index (κ2) is 21.1. The van der Waals surface area contributed by atoms with Crippen molar-refractivity contribution in [1.29, 1.82) is 0 Å². The highest BCUT2D eigenvalue weighted by Gasteiger charge is 2.36. The summed E-state index contributed by atoms with van der Waals surface area (Å²) in [6.07, 6.45) is 5.43. The summed E-state index contributed by atoms with van der Waals surface area (Å²) in [6, 6.07) is 7.31. The van der Waals surface area contributed by atoms with Crippen LogP contribution in [0.25, 0.3) is 27.7 Å². The van der Waals surface area contributed by atoms with Gasteiger partial charge in [-0.1, -0.05) is 26.0 Å². The molecule has 1 aromatic carbocycles. The lowest BCUT2D eigenvalue weighted by Crippen LogP contribution is -2.62. The lowest BCUT2D eigenvalue weighted by atomic mass is 9.84. The Morgan fingerprint density at radius 2 is 1.85 bits per heavy atom. The molecule has 0 aliphatic carbocycles. The molecule has 67 heavy (non-hydrogen) atoms. The second-order valence-corrected chi connectivity index (χ2v) is 20.2. The Kier molecular flexibility index (Phi) is 15.7. The monoisotopic (exact) mass is 929 g/mol. The average Bonchev–Trinajstić information content (AvgIpc) is 3.60. The van der Waals surface area contributed by atoms with Gasteiger partial charge in [0, 0.05) is 94.8 Å². The zero-order valence-corrected chi connectivity index (χ0v) is 41.0. The number of esters is 1. The summed E-state index contributed by atoms with van der Waals surface area (Å²) >= 11 is 0. The number of aryl methyl sites for hydroxylation is 1. The van der Waals surface area contributed by atoms with Crippen LogP contribution in [0.2, 0.25) is 0 Å². The molecule has 7 rings (SSSR count). The van der Waals surface area contributed by atoms with Gasteiger partial charge in [-0.25, -0.2) is 10.2 Å². The minimum Gasteiger partial charge on any atom is -0.480 e. The van der Waals surface area contributed by atoms with Crippen LogP contribution in [-0.2, 0) is 46.3 Å². The fourth-order valence-electron chi connectivity index (χ4n) is 9.88. The third kappa shape index (κ3) is 12.0. The molecule has 4 atom stereocenters. The van der Waals surface area contributed by atoms with Crippen molar-refractivity contribution >= 4 is 46.1 Å². The van der Waals surface area contributed by atoms with Gasteiger partial charge < -0.3 is 38.8 Å². The van der Waals surface area contributed by atoms with Crippen molar-refractivity contribution in [3.8, 4) is 11.3 Å². The number of benzene rings is 1. The van der Waals surface area contributed by atoms with Crippen LogP contribution in [0.3, 0.4) is 0 Å².